The molecule has 0 aromatic carbocycles. The van der Waals surface area contributed by atoms with Crippen LogP contribution in [-0.2, 0) is 28.7 Å². The first-order valence-electron chi connectivity index (χ1n) is 8.00. The van der Waals surface area contributed by atoms with E-state index in [1.807, 2.05) is 0 Å². The zero-order valence-electron chi connectivity index (χ0n) is 14.3. The van der Waals surface area contributed by atoms with E-state index in [4.69, 9.17) is 9.47 Å². The molecule has 2 N–H and O–H groups in total. The average Bonchev–Trinajstić information content (AvgIpc) is 3.06. The standard InChI is InChI=1S/C15H23N3O6S/c1-3-23-13(20)7-16-14(21)11-8-25-12(18-11)6-5-10(17-9-19)15(22)24-4-2/h9-11H,3-8H2,1-2H3,(H,16,21)(H,17,19)/t10-,11-/m0/s1. The summed E-state index contributed by atoms with van der Waals surface area (Å²) in [5.41, 5.74) is 0. The van der Waals surface area contributed by atoms with Crippen molar-refractivity contribution in [2.45, 2.75) is 38.8 Å². The SMILES string of the molecule is CCOC(=O)CNC(=O)[C@@H]1CSC(CC[C@H](NC=O)C(=O)OCC)=N1. The molecule has 0 spiro atoms. The monoisotopic (exact) mass is 373 g/mol. The van der Waals surface area contributed by atoms with Gasteiger partial charge in [-0.15, -0.1) is 11.8 Å². The number of carbonyl (C=O) groups excluding carboxylic acids is 4. The highest BCUT2D eigenvalue weighted by Crippen LogP contribution is 2.22. The van der Waals surface area contributed by atoms with E-state index in [0.717, 1.165) is 5.04 Å². The van der Waals surface area contributed by atoms with Crippen LogP contribution in [0.5, 0.6) is 0 Å². The lowest BCUT2D eigenvalue weighted by molar-refractivity contribution is -0.146. The van der Waals surface area contributed by atoms with Crippen molar-refractivity contribution in [3.8, 4) is 0 Å². The second-order valence-electron chi connectivity index (χ2n) is 5.00. The third kappa shape index (κ3) is 7.55. The fraction of sp³-hybridized carbons (Fsp3) is 0.667. The number of carbonyl (C=O) groups is 4. The third-order valence-corrected chi connectivity index (χ3v) is 4.33. The van der Waals surface area contributed by atoms with Crippen LogP contribution < -0.4 is 10.6 Å². The fourth-order valence-electron chi connectivity index (χ4n) is 2.05. The molecule has 25 heavy (non-hydrogen) atoms. The van der Waals surface area contributed by atoms with Crippen molar-refractivity contribution in [2.24, 2.45) is 4.99 Å². The quantitative estimate of drug-likeness (QED) is 0.374. The van der Waals surface area contributed by atoms with Gasteiger partial charge in [0.05, 0.1) is 18.3 Å². The van der Waals surface area contributed by atoms with Crippen LogP contribution in [0.2, 0.25) is 0 Å². The molecular formula is C15H23N3O6S. The highest BCUT2D eigenvalue weighted by molar-refractivity contribution is 8.14. The van der Waals surface area contributed by atoms with Crippen molar-refractivity contribution in [3.05, 3.63) is 0 Å². The lowest BCUT2D eigenvalue weighted by atomic mass is 10.1. The molecule has 0 saturated carbocycles. The van der Waals surface area contributed by atoms with E-state index in [1.54, 1.807) is 13.8 Å². The summed E-state index contributed by atoms with van der Waals surface area (Å²) in [7, 11) is 0. The number of rotatable bonds is 11. The number of hydrogen-bond donors (Lipinski definition) is 2. The summed E-state index contributed by atoms with van der Waals surface area (Å²) < 4.78 is 9.62. The molecule has 0 radical (unpaired) electrons. The van der Waals surface area contributed by atoms with Gasteiger partial charge in [-0.05, 0) is 26.7 Å². The number of ether oxygens (including phenoxy) is 2. The molecule has 1 aliphatic rings. The van der Waals surface area contributed by atoms with Gasteiger partial charge in [0.15, 0.2) is 0 Å². The summed E-state index contributed by atoms with van der Waals surface area (Å²) in [4.78, 5) is 49.8. The van der Waals surface area contributed by atoms with Crippen LogP contribution in [0, 0.1) is 0 Å². The molecule has 140 valence electrons. The number of amides is 2. The molecule has 0 unspecified atom stereocenters. The Labute approximate surface area is 150 Å². The van der Waals surface area contributed by atoms with Gasteiger partial charge in [0.25, 0.3) is 0 Å². The number of aliphatic imine (C=N–C) groups is 1. The van der Waals surface area contributed by atoms with Gasteiger partial charge in [-0.25, -0.2) is 4.79 Å². The van der Waals surface area contributed by atoms with E-state index in [9.17, 15) is 19.2 Å². The lowest BCUT2D eigenvalue weighted by Gasteiger charge is -2.14. The van der Waals surface area contributed by atoms with E-state index >= 15 is 0 Å². The summed E-state index contributed by atoms with van der Waals surface area (Å²) in [5.74, 6) is -0.872. The first-order valence-corrected chi connectivity index (χ1v) is 8.99. The Morgan fingerprint density at radius 3 is 2.68 bits per heavy atom. The fourth-order valence-corrected chi connectivity index (χ4v) is 3.09. The zero-order chi connectivity index (χ0) is 18.7. The van der Waals surface area contributed by atoms with Crippen LogP contribution in [0.4, 0.5) is 0 Å². The van der Waals surface area contributed by atoms with Crippen molar-refractivity contribution in [1.82, 2.24) is 10.6 Å². The molecule has 0 bridgehead atoms. The molecule has 0 aliphatic carbocycles. The van der Waals surface area contributed by atoms with Crippen molar-refractivity contribution in [2.75, 3.05) is 25.5 Å². The van der Waals surface area contributed by atoms with Gasteiger partial charge in [-0.3, -0.25) is 19.4 Å². The molecule has 10 heteroatoms. The zero-order valence-corrected chi connectivity index (χ0v) is 15.1. The van der Waals surface area contributed by atoms with E-state index < -0.39 is 24.0 Å². The van der Waals surface area contributed by atoms with E-state index in [2.05, 4.69) is 15.6 Å². The molecule has 0 saturated heterocycles. The largest absolute Gasteiger partial charge is 0.465 e. The van der Waals surface area contributed by atoms with Crippen LogP contribution in [-0.4, -0.2) is 66.9 Å². The van der Waals surface area contributed by atoms with Gasteiger partial charge in [0.1, 0.15) is 18.6 Å². The number of esters is 2. The summed E-state index contributed by atoms with van der Waals surface area (Å²) in [6, 6.07) is -1.31. The number of nitrogens with one attached hydrogen (secondary N) is 2. The van der Waals surface area contributed by atoms with Gasteiger partial charge < -0.3 is 20.1 Å². The first kappa shape index (κ1) is 20.9. The Bertz CT molecular complexity index is 525. The molecule has 9 nitrogen and oxygen atoms in total. The molecule has 1 aliphatic heterocycles. The van der Waals surface area contributed by atoms with Gasteiger partial charge in [-0.1, -0.05) is 0 Å². The highest BCUT2D eigenvalue weighted by atomic mass is 32.2. The molecule has 0 aromatic heterocycles. The van der Waals surface area contributed by atoms with Crippen LogP contribution >= 0.6 is 11.8 Å². The van der Waals surface area contributed by atoms with Crippen molar-refractivity contribution in [1.29, 1.82) is 0 Å². The topological polar surface area (TPSA) is 123 Å². The molecule has 2 atom stereocenters. The van der Waals surface area contributed by atoms with Crippen LogP contribution in [0.3, 0.4) is 0 Å². The molecule has 1 heterocycles. The van der Waals surface area contributed by atoms with Crippen LogP contribution in [0.25, 0.3) is 0 Å². The maximum absolute atomic E-state index is 12.0. The Kier molecular flexibility index (Phi) is 9.60. The van der Waals surface area contributed by atoms with E-state index in [-0.39, 0.29) is 25.7 Å². The van der Waals surface area contributed by atoms with Crippen LogP contribution in [0.15, 0.2) is 4.99 Å². The first-order chi connectivity index (χ1) is 12.0. The van der Waals surface area contributed by atoms with Gasteiger partial charge in [0, 0.05) is 5.75 Å². The molecule has 0 aromatic rings. The van der Waals surface area contributed by atoms with Gasteiger partial charge in [-0.2, -0.15) is 0 Å². The summed E-state index contributed by atoms with van der Waals surface area (Å²) in [6.45, 7) is 3.67. The second kappa shape index (κ2) is 11.5. The van der Waals surface area contributed by atoms with Gasteiger partial charge >= 0.3 is 11.9 Å². The molecule has 2 amide bonds. The summed E-state index contributed by atoms with van der Waals surface area (Å²) in [5, 5.41) is 5.62. The number of hydrogen-bond acceptors (Lipinski definition) is 8. The average molecular weight is 373 g/mol. The maximum atomic E-state index is 12.0. The Morgan fingerprint density at radius 2 is 2.04 bits per heavy atom. The predicted molar refractivity (Wildman–Crippen MR) is 92.2 cm³/mol. The molecule has 1 rings (SSSR count). The number of nitrogens with zero attached hydrogens (tertiary/aromatic N) is 1. The normalized spacial score (nSPS) is 17.2. The lowest BCUT2D eigenvalue weighted by Crippen LogP contribution is -2.38. The smallest absolute Gasteiger partial charge is 0.328 e. The Balaban J connectivity index is 2.45. The second-order valence-corrected chi connectivity index (χ2v) is 6.09. The number of thioether (sulfide) groups is 1. The highest BCUT2D eigenvalue weighted by Gasteiger charge is 2.27. The minimum Gasteiger partial charge on any atom is -0.465 e. The van der Waals surface area contributed by atoms with Crippen molar-refractivity contribution in [3.63, 3.8) is 0 Å². The maximum Gasteiger partial charge on any atom is 0.328 e. The summed E-state index contributed by atoms with van der Waals surface area (Å²) in [6.07, 6.45) is 1.23. The molecular weight excluding hydrogens is 350 g/mol. The molecule has 0 fully saturated rings. The van der Waals surface area contributed by atoms with Crippen molar-refractivity contribution >= 4 is 41.1 Å². The summed E-state index contributed by atoms with van der Waals surface area (Å²) >= 11 is 1.41. The Hall–Kier alpha value is -2.10. The predicted octanol–water partition coefficient (Wildman–Crippen LogP) is -0.362. The third-order valence-electron chi connectivity index (χ3n) is 3.21. The minimum absolute atomic E-state index is 0.188. The van der Waals surface area contributed by atoms with E-state index in [1.165, 1.54) is 11.8 Å². The van der Waals surface area contributed by atoms with Crippen molar-refractivity contribution < 1.29 is 28.7 Å². The minimum atomic E-state index is -0.738. The van der Waals surface area contributed by atoms with Gasteiger partial charge in [0.2, 0.25) is 12.3 Å². The Morgan fingerprint density at radius 1 is 1.32 bits per heavy atom. The van der Waals surface area contributed by atoms with Crippen LogP contribution in [0.1, 0.15) is 26.7 Å². The van der Waals surface area contributed by atoms with E-state index in [0.29, 0.717) is 25.0 Å².